The fourth-order valence-electron chi connectivity index (χ4n) is 9.18. The second kappa shape index (κ2) is 13.7. The number of amides is 1. The maximum atomic E-state index is 14.7. The van der Waals surface area contributed by atoms with Gasteiger partial charge in [-0.2, -0.15) is 4.31 Å². The van der Waals surface area contributed by atoms with E-state index in [0.29, 0.717) is 6.42 Å². The van der Waals surface area contributed by atoms with Crippen molar-refractivity contribution in [3.63, 3.8) is 0 Å². The monoisotopic (exact) mass is 630 g/mol. The summed E-state index contributed by atoms with van der Waals surface area (Å²) in [5.41, 5.74) is -0.0872. The molecule has 1 aromatic carbocycles. The number of carbonyl (C=O) groups excluding carboxylic acids is 2. The molecule has 8 nitrogen and oxygen atoms in total. The van der Waals surface area contributed by atoms with E-state index in [1.54, 1.807) is 6.92 Å². The molecule has 2 bridgehead atoms. The molecule has 246 valence electrons. The summed E-state index contributed by atoms with van der Waals surface area (Å²) in [4.78, 5) is 26.6. The molecule has 1 N–H and O–H groups in total. The van der Waals surface area contributed by atoms with Gasteiger partial charge in [0.05, 0.1) is 12.4 Å². The highest BCUT2D eigenvalue weighted by Crippen LogP contribution is 2.67. The van der Waals surface area contributed by atoms with Crippen LogP contribution < -0.4 is 5.32 Å². The molecule has 5 rings (SSSR count). The minimum absolute atomic E-state index is 0.0126. The third-order valence-corrected chi connectivity index (χ3v) is 14.0. The molecule has 5 atom stereocenters. The predicted octanol–water partition coefficient (Wildman–Crippen LogP) is 6.94. The van der Waals surface area contributed by atoms with Crippen molar-refractivity contribution in [2.75, 3.05) is 12.4 Å². The molecular weight excluding hydrogens is 576 g/mol. The highest BCUT2D eigenvalue weighted by Gasteiger charge is 2.67. The standard InChI is InChI=1S/C35H54N2O6S/c1-5-42-33(39)36-31(25(2)26-15-9-6-10-16-26)32(38)43-30-23-27-21-22-35(30,34(27,3)4)24-44(40,41)37(28-17-11-7-12-18-28)29-19-13-8-14-20-29/h6,9-10,15-16,25,27-31H,5,7-8,11-14,17-24H2,1-4H3,(H,36,39)/t25-,27+,30+,31-,35+/m0/s1. The van der Waals surface area contributed by atoms with Crippen LogP contribution in [0.5, 0.6) is 0 Å². The van der Waals surface area contributed by atoms with Gasteiger partial charge in [-0.05, 0) is 68.8 Å². The van der Waals surface area contributed by atoms with Crippen LogP contribution in [0.25, 0.3) is 0 Å². The predicted molar refractivity (Wildman–Crippen MR) is 172 cm³/mol. The number of carbonyl (C=O) groups is 2. The van der Waals surface area contributed by atoms with Crippen molar-refractivity contribution in [2.24, 2.45) is 16.7 Å². The van der Waals surface area contributed by atoms with Gasteiger partial charge in [0, 0.05) is 23.4 Å². The zero-order valence-electron chi connectivity index (χ0n) is 27.3. The van der Waals surface area contributed by atoms with Crippen molar-refractivity contribution in [3.05, 3.63) is 35.9 Å². The summed E-state index contributed by atoms with van der Waals surface area (Å²) >= 11 is 0. The molecule has 1 amide bonds. The third-order valence-electron chi connectivity index (χ3n) is 11.9. The molecule has 0 unspecified atom stereocenters. The smallest absolute Gasteiger partial charge is 0.407 e. The van der Waals surface area contributed by atoms with Gasteiger partial charge in [0.25, 0.3) is 0 Å². The minimum atomic E-state index is -3.64. The minimum Gasteiger partial charge on any atom is -0.460 e. The van der Waals surface area contributed by atoms with Crippen molar-refractivity contribution in [3.8, 4) is 0 Å². The van der Waals surface area contributed by atoms with Gasteiger partial charge >= 0.3 is 12.1 Å². The van der Waals surface area contributed by atoms with E-state index < -0.39 is 39.6 Å². The number of sulfonamides is 1. The lowest BCUT2D eigenvalue weighted by atomic mass is 9.69. The molecule has 0 aromatic heterocycles. The van der Waals surface area contributed by atoms with Gasteiger partial charge in [0.1, 0.15) is 12.1 Å². The first-order valence-corrected chi connectivity index (χ1v) is 18.8. The van der Waals surface area contributed by atoms with Crippen LogP contribution in [-0.2, 0) is 24.3 Å². The van der Waals surface area contributed by atoms with Crippen molar-refractivity contribution in [2.45, 2.75) is 141 Å². The Labute approximate surface area is 265 Å². The molecule has 44 heavy (non-hydrogen) atoms. The molecule has 4 aliphatic rings. The largest absolute Gasteiger partial charge is 0.460 e. The summed E-state index contributed by atoms with van der Waals surface area (Å²) in [6.45, 7) is 8.16. The van der Waals surface area contributed by atoms with Crippen LogP contribution in [0, 0.1) is 16.7 Å². The Morgan fingerprint density at radius 2 is 1.55 bits per heavy atom. The third kappa shape index (κ3) is 6.55. The second-order valence-corrected chi connectivity index (χ2v) is 16.4. The van der Waals surface area contributed by atoms with Crippen molar-refractivity contribution in [1.82, 2.24) is 9.62 Å². The van der Waals surface area contributed by atoms with Crippen LogP contribution in [0.3, 0.4) is 0 Å². The molecule has 4 fully saturated rings. The number of rotatable bonds is 11. The number of alkyl carbamates (subject to hydrolysis) is 1. The summed E-state index contributed by atoms with van der Waals surface area (Å²) in [6.07, 6.45) is 11.5. The van der Waals surface area contributed by atoms with Crippen LogP contribution in [0.4, 0.5) is 4.79 Å². The highest BCUT2D eigenvalue weighted by molar-refractivity contribution is 7.89. The Morgan fingerprint density at radius 3 is 2.09 bits per heavy atom. The van der Waals surface area contributed by atoms with E-state index in [2.05, 4.69) is 19.2 Å². The van der Waals surface area contributed by atoms with Crippen LogP contribution in [-0.4, -0.2) is 61.4 Å². The first-order chi connectivity index (χ1) is 21.0. The Kier molecular flexibility index (Phi) is 10.3. The van der Waals surface area contributed by atoms with Gasteiger partial charge in [0.2, 0.25) is 10.0 Å². The van der Waals surface area contributed by atoms with Gasteiger partial charge in [-0.1, -0.05) is 89.6 Å². The number of ether oxygens (including phenoxy) is 2. The van der Waals surface area contributed by atoms with E-state index in [0.717, 1.165) is 69.8 Å². The van der Waals surface area contributed by atoms with Crippen LogP contribution in [0.1, 0.15) is 123 Å². The van der Waals surface area contributed by atoms with Gasteiger partial charge < -0.3 is 14.8 Å². The molecular formula is C35H54N2O6S. The average molecular weight is 631 g/mol. The molecule has 9 heteroatoms. The zero-order valence-corrected chi connectivity index (χ0v) is 28.1. The van der Waals surface area contributed by atoms with Gasteiger partial charge in [-0.25, -0.2) is 18.0 Å². The summed E-state index contributed by atoms with van der Waals surface area (Å²) in [7, 11) is -3.64. The number of nitrogens with zero attached hydrogens (tertiary/aromatic N) is 1. The Hall–Kier alpha value is -2.13. The van der Waals surface area contributed by atoms with E-state index in [4.69, 9.17) is 9.47 Å². The van der Waals surface area contributed by atoms with E-state index in [1.807, 2.05) is 41.6 Å². The maximum absolute atomic E-state index is 14.7. The number of benzene rings is 1. The number of nitrogens with one attached hydrogen (secondary N) is 1. The van der Waals surface area contributed by atoms with Gasteiger partial charge in [-0.15, -0.1) is 0 Å². The highest BCUT2D eigenvalue weighted by atomic mass is 32.2. The quantitative estimate of drug-likeness (QED) is 0.266. The molecule has 1 aromatic rings. The van der Waals surface area contributed by atoms with E-state index in [1.165, 1.54) is 12.8 Å². The first-order valence-electron chi connectivity index (χ1n) is 17.2. The topological polar surface area (TPSA) is 102 Å². The van der Waals surface area contributed by atoms with Crippen LogP contribution in [0.2, 0.25) is 0 Å². The van der Waals surface area contributed by atoms with Crippen LogP contribution in [0.15, 0.2) is 30.3 Å². The SMILES string of the molecule is CCOC(=O)N[C@H](C(=O)O[C@@H]1C[C@H]2CC[C@]1(CS(=O)(=O)N(C1CCCCC1)C1CCCCC1)C2(C)C)[C@@H](C)c1ccccc1. The number of fused-ring (bicyclic) bond motifs is 2. The number of hydrogen-bond acceptors (Lipinski definition) is 6. The second-order valence-electron chi connectivity index (χ2n) is 14.5. The summed E-state index contributed by atoms with van der Waals surface area (Å²) in [6, 6.07) is 8.75. The van der Waals surface area contributed by atoms with Gasteiger partial charge in [-0.3, -0.25) is 0 Å². The Balaban J connectivity index is 1.43. The number of esters is 1. The molecule has 4 saturated carbocycles. The van der Waals surface area contributed by atoms with Crippen molar-refractivity contribution < 1.29 is 27.5 Å². The van der Waals surface area contributed by atoms with E-state index in [-0.39, 0.29) is 41.7 Å². The molecule has 0 saturated heterocycles. The van der Waals surface area contributed by atoms with Crippen molar-refractivity contribution in [1.29, 1.82) is 0 Å². The lowest BCUT2D eigenvalue weighted by Crippen LogP contribution is -2.55. The summed E-state index contributed by atoms with van der Waals surface area (Å²) in [5.74, 6) is -0.613. The Bertz CT molecular complexity index is 1220. The first kappa shape index (κ1) is 33.2. The molecule has 4 aliphatic carbocycles. The van der Waals surface area contributed by atoms with Crippen LogP contribution >= 0.6 is 0 Å². The van der Waals surface area contributed by atoms with Crippen molar-refractivity contribution >= 4 is 22.1 Å². The fraction of sp³-hybridized carbons (Fsp3) is 0.771. The van der Waals surface area contributed by atoms with E-state index >= 15 is 0 Å². The summed E-state index contributed by atoms with van der Waals surface area (Å²) < 4.78 is 43.0. The molecule has 0 radical (unpaired) electrons. The van der Waals surface area contributed by atoms with E-state index in [9.17, 15) is 18.0 Å². The number of hydrogen-bond donors (Lipinski definition) is 1. The fourth-order valence-corrected chi connectivity index (χ4v) is 12.0. The van der Waals surface area contributed by atoms with Gasteiger partial charge in [0.15, 0.2) is 0 Å². The Morgan fingerprint density at radius 1 is 0.955 bits per heavy atom. The molecule has 0 heterocycles. The molecule has 0 aliphatic heterocycles. The normalized spacial score (nSPS) is 28.8. The zero-order chi connectivity index (χ0) is 31.5. The molecule has 0 spiro atoms. The lowest BCUT2D eigenvalue weighted by molar-refractivity contribution is -0.159. The lowest BCUT2D eigenvalue weighted by Gasteiger charge is -2.46. The maximum Gasteiger partial charge on any atom is 0.407 e. The average Bonchev–Trinajstić information content (AvgIpc) is 3.36. The summed E-state index contributed by atoms with van der Waals surface area (Å²) in [5, 5.41) is 2.76.